The maximum atomic E-state index is 12.4. The van der Waals surface area contributed by atoms with E-state index in [-0.39, 0.29) is 18.1 Å². The lowest BCUT2D eigenvalue weighted by atomic mass is 9.98. The molecule has 0 unspecified atom stereocenters. The van der Waals surface area contributed by atoms with Crippen molar-refractivity contribution in [1.29, 1.82) is 0 Å². The standard InChI is InChI=1S/C14H24N4O2/c1-11(6-8-20-2)17-14(19)18-7-4-3-5-13(18)12-9-15-16-10-12/h9-11,13H,3-8H2,1-2H3,(H,15,16)(H,17,19)/t11-,13+/m0/s1. The van der Waals surface area contributed by atoms with E-state index in [1.54, 1.807) is 7.11 Å². The number of ether oxygens (including phenoxy) is 1. The van der Waals surface area contributed by atoms with Crippen LogP contribution in [-0.4, -0.2) is 47.4 Å². The van der Waals surface area contributed by atoms with Crippen molar-refractivity contribution in [3.63, 3.8) is 0 Å². The molecular weight excluding hydrogens is 256 g/mol. The Balaban J connectivity index is 1.95. The first-order valence-corrected chi connectivity index (χ1v) is 7.27. The molecule has 2 rings (SSSR count). The summed E-state index contributed by atoms with van der Waals surface area (Å²) in [6.45, 7) is 3.47. The Labute approximate surface area is 119 Å². The molecule has 112 valence electrons. The first-order valence-electron chi connectivity index (χ1n) is 7.27. The summed E-state index contributed by atoms with van der Waals surface area (Å²) in [7, 11) is 1.67. The lowest BCUT2D eigenvalue weighted by Gasteiger charge is -2.36. The van der Waals surface area contributed by atoms with E-state index < -0.39 is 0 Å². The molecule has 0 aliphatic carbocycles. The molecule has 6 heteroatoms. The second-order valence-corrected chi connectivity index (χ2v) is 5.37. The van der Waals surface area contributed by atoms with Crippen LogP contribution in [0.3, 0.4) is 0 Å². The SMILES string of the molecule is COCC[C@H](C)NC(=O)N1CCCC[C@@H]1c1cn[nH]c1. The third-order valence-electron chi connectivity index (χ3n) is 3.79. The Hall–Kier alpha value is -1.56. The number of hydrogen-bond donors (Lipinski definition) is 2. The summed E-state index contributed by atoms with van der Waals surface area (Å²) in [5.41, 5.74) is 1.09. The number of piperidine rings is 1. The van der Waals surface area contributed by atoms with Crippen LogP contribution in [0.25, 0.3) is 0 Å². The van der Waals surface area contributed by atoms with Gasteiger partial charge in [0.1, 0.15) is 0 Å². The van der Waals surface area contributed by atoms with Crippen LogP contribution in [0, 0.1) is 0 Å². The number of rotatable bonds is 5. The maximum absolute atomic E-state index is 12.4. The van der Waals surface area contributed by atoms with Crippen molar-refractivity contribution in [3.05, 3.63) is 18.0 Å². The molecule has 0 bridgehead atoms. The molecule has 0 saturated carbocycles. The second-order valence-electron chi connectivity index (χ2n) is 5.37. The van der Waals surface area contributed by atoms with Crippen molar-refractivity contribution in [2.75, 3.05) is 20.3 Å². The van der Waals surface area contributed by atoms with Crippen molar-refractivity contribution < 1.29 is 9.53 Å². The van der Waals surface area contributed by atoms with E-state index in [0.717, 1.165) is 37.8 Å². The van der Waals surface area contributed by atoms with Gasteiger partial charge in [-0.15, -0.1) is 0 Å². The number of likely N-dealkylation sites (tertiary alicyclic amines) is 1. The quantitative estimate of drug-likeness (QED) is 0.867. The van der Waals surface area contributed by atoms with Crippen LogP contribution in [0.15, 0.2) is 12.4 Å². The molecule has 1 aromatic heterocycles. The zero-order chi connectivity index (χ0) is 14.4. The number of nitrogens with zero attached hydrogens (tertiary/aromatic N) is 2. The van der Waals surface area contributed by atoms with E-state index >= 15 is 0 Å². The molecule has 1 aliphatic rings. The molecule has 0 spiro atoms. The predicted molar refractivity (Wildman–Crippen MR) is 76.4 cm³/mol. The van der Waals surface area contributed by atoms with Crippen LogP contribution in [-0.2, 0) is 4.74 Å². The Bertz CT molecular complexity index is 407. The highest BCUT2D eigenvalue weighted by molar-refractivity contribution is 5.75. The molecule has 2 heterocycles. The molecule has 0 aromatic carbocycles. The third kappa shape index (κ3) is 3.72. The van der Waals surface area contributed by atoms with Gasteiger partial charge in [-0.25, -0.2) is 4.79 Å². The first kappa shape index (κ1) is 14.8. The molecule has 1 saturated heterocycles. The van der Waals surface area contributed by atoms with Gasteiger partial charge in [0.15, 0.2) is 0 Å². The van der Waals surface area contributed by atoms with E-state index in [0.29, 0.717) is 6.61 Å². The van der Waals surface area contributed by atoms with Crippen LogP contribution in [0.5, 0.6) is 0 Å². The van der Waals surface area contributed by atoms with Crippen LogP contribution in [0.2, 0.25) is 0 Å². The summed E-state index contributed by atoms with van der Waals surface area (Å²) in [6.07, 6.45) is 7.73. The summed E-state index contributed by atoms with van der Waals surface area (Å²) in [5.74, 6) is 0. The molecule has 20 heavy (non-hydrogen) atoms. The van der Waals surface area contributed by atoms with Gasteiger partial charge in [0.25, 0.3) is 0 Å². The monoisotopic (exact) mass is 280 g/mol. The normalized spacial score (nSPS) is 20.7. The van der Waals surface area contributed by atoms with Crippen molar-refractivity contribution in [3.8, 4) is 0 Å². The Morgan fingerprint density at radius 1 is 1.65 bits per heavy atom. The van der Waals surface area contributed by atoms with Crippen LogP contribution in [0.1, 0.15) is 44.2 Å². The summed E-state index contributed by atoms with van der Waals surface area (Å²) in [5, 5.41) is 9.88. The van der Waals surface area contributed by atoms with Gasteiger partial charge in [0, 0.05) is 38.1 Å². The minimum absolute atomic E-state index is 0.0134. The Kier molecular flexibility index (Phi) is 5.40. The highest BCUT2D eigenvalue weighted by Crippen LogP contribution is 2.30. The second kappa shape index (κ2) is 7.28. The van der Waals surface area contributed by atoms with E-state index in [2.05, 4.69) is 15.5 Å². The number of H-pyrrole nitrogens is 1. The number of nitrogens with one attached hydrogen (secondary N) is 2. The van der Waals surface area contributed by atoms with Gasteiger partial charge in [-0.05, 0) is 32.6 Å². The average Bonchev–Trinajstić information content (AvgIpc) is 2.99. The smallest absolute Gasteiger partial charge is 0.318 e. The lowest BCUT2D eigenvalue weighted by molar-refractivity contribution is 0.144. The zero-order valence-corrected chi connectivity index (χ0v) is 12.3. The maximum Gasteiger partial charge on any atom is 0.318 e. The highest BCUT2D eigenvalue weighted by atomic mass is 16.5. The fourth-order valence-corrected chi connectivity index (χ4v) is 2.62. The summed E-state index contributed by atoms with van der Waals surface area (Å²) in [6, 6.07) is 0.269. The van der Waals surface area contributed by atoms with Gasteiger partial charge in [0.05, 0.1) is 12.2 Å². The minimum atomic E-state index is 0.0134. The number of hydrogen-bond acceptors (Lipinski definition) is 3. The molecule has 2 amide bonds. The number of amides is 2. The Morgan fingerprint density at radius 3 is 3.20 bits per heavy atom. The third-order valence-corrected chi connectivity index (χ3v) is 3.79. The zero-order valence-electron chi connectivity index (χ0n) is 12.3. The van der Waals surface area contributed by atoms with Gasteiger partial charge >= 0.3 is 6.03 Å². The average molecular weight is 280 g/mol. The number of urea groups is 1. The molecule has 2 N–H and O–H groups in total. The molecule has 1 fully saturated rings. The lowest BCUT2D eigenvalue weighted by Crippen LogP contribution is -2.47. The van der Waals surface area contributed by atoms with Crippen molar-refractivity contribution >= 4 is 6.03 Å². The largest absolute Gasteiger partial charge is 0.385 e. The minimum Gasteiger partial charge on any atom is -0.385 e. The fraction of sp³-hybridized carbons (Fsp3) is 0.714. The molecular formula is C14H24N4O2. The highest BCUT2D eigenvalue weighted by Gasteiger charge is 2.29. The number of carbonyl (C=O) groups excluding carboxylic acids is 1. The van der Waals surface area contributed by atoms with E-state index in [4.69, 9.17) is 4.74 Å². The fourth-order valence-electron chi connectivity index (χ4n) is 2.62. The number of aromatic nitrogens is 2. The van der Waals surface area contributed by atoms with Gasteiger partial charge in [0.2, 0.25) is 0 Å². The Morgan fingerprint density at radius 2 is 2.50 bits per heavy atom. The van der Waals surface area contributed by atoms with E-state index in [1.165, 1.54) is 0 Å². The van der Waals surface area contributed by atoms with Crippen molar-refractivity contribution in [2.45, 2.75) is 44.7 Å². The van der Waals surface area contributed by atoms with Crippen LogP contribution in [0.4, 0.5) is 4.79 Å². The van der Waals surface area contributed by atoms with Gasteiger partial charge in [-0.3, -0.25) is 5.10 Å². The van der Waals surface area contributed by atoms with Crippen LogP contribution < -0.4 is 5.32 Å². The molecule has 6 nitrogen and oxygen atoms in total. The molecule has 0 radical (unpaired) electrons. The summed E-state index contributed by atoms with van der Waals surface area (Å²) < 4.78 is 5.04. The summed E-state index contributed by atoms with van der Waals surface area (Å²) >= 11 is 0. The van der Waals surface area contributed by atoms with Gasteiger partial charge < -0.3 is 15.0 Å². The van der Waals surface area contributed by atoms with Crippen molar-refractivity contribution in [1.82, 2.24) is 20.4 Å². The summed E-state index contributed by atoms with van der Waals surface area (Å²) in [4.78, 5) is 14.3. The predicted octanol–water partition coefficient (Wildman–Crippen LogP) is 2.07. The number of carbonyl (C=O) groups is 1. The van der Waals surface area contributed by atoms with Gasteiger partial charge in [-0.2, -0.15) is 5.10 Å². The van der Waals surface area contributed by atoms with Crippen LogP contribution >= 0.6 is 0 Å². The van der Waals surface area contributed by atoms with Crippen molar-refractivity contribution in [2.24, 2.45) is 0 Å². The van der Waals surface area contributed by atoms with Gasteiger partial charge in [-0.1, -0.05) is 0 Å². The number of aromatic amines is 1. The van der Waals surface area contributed by atoms with E-state index in [1.807, 2.05) is 24.2 Å². The molecule has 1 aliphatic heterocycles. The molecule has 1 aromatic rings. The molecule has 2 atom stereocenters. The first-order chi connectivity index (χ1) is 9.72. The number of methoxy groups -OCH3 is 1. The topological polar surface area (TPSA) is 70.2 Å². The van der Waals surface area contributed by atoms with E-state index in [9.17, 15) is 4.79 Å².